The van der Waals surface area contributed by atoms with E-state index in [1.807, 2.05) is 0 Å². The molecule has 53 valence electrons. The van der Waals surface area contributed by atoms with E-state index in [1.165, 1.54) is 19.0 Å². The maximum absolute atomic E-state index is 4.74. The molecule has 0 aromatic carbocycles. The molecule has 11 heavy (non-hydrogen) atoms. The van der Waals surface area contributed by atoms with Crippen LogP contribution in [0.5, 0.6) is 0 Å². The van der Waals surface area contributed by atoms with Crippen LogP contribution in [0.1, 0.15) is 0 Å². The van der Waals surface area contributed by atoms with Gasteiger partial charge >= 0.3 is 0 Å². The lowest BCUT2D eigenvalue weighted by Gasteiger charge is -1.87. The number of nitrogens with zero attached hydrogens (tertiary/aromatic N) is 4. The molecule has 0 fully saturated rings. The number of aromatic nitrogens is 4. The van der Waals surface area contributed by atoms with Crippen LogP contribution in [-0.2, 0) is 0 Å². The van der Waals surface area contributed by atoms with Gasteiger partial charge in [0.2, 0.25) is 6.33 Å². The van der Waals surface area contributed by atoms with E-state index in [0.29, 0.717) is 11.5 Å². The fourth-order valence-corrected chi connectivity index (χ4v) is 0.661. The third kappa shape index (κ3) is 1.07. The molecule has 1 radical (unpaired) electrons. The molecule has 0 aliphatic heterocycles. The molecule has 2 heterocycles. The summed E-state index contributed by atoms with van der Waals surface area (Å²) in [6, 6.07) is 0. The summed E-state index contributed by atoms with van der Waals surface area (Å²) in [5.74, 6) is 0.466. The molecule has 5 nitrogen and oxygen atoms in total. The van der Waals surface area contributed by atoms with Crippen LogP contribution >= 0.6 is 0 Å². The van der Waals surface area contributed by atoms with Crippen molar-refractivity contribution in [1.82, 2.24) is 19.9 Å². The van der Waals surface area contributed by atoms with Gasteiger partial charge in [-0.25, -0.2) is 19.9 Å². The Bertz CT molecular complexity index is 318. The van der Waals surface area contributed by atoms with Crippen molar-refractivity contribution >= 4 is 0 Å². The van der Waals surface area contributed by atoms with E-state index in [2.05, 4.69) is 26.3 Å². The lowest BCUT2D eigenvalue weighted by molar-refractivity contribution is 0.558. The zero-order valence-corrected chi connectivity index (χ0v) is 5.43. The molecule has 0 unspecified atom stereocenters. The van der Waals surface area contributed by atoms with E-state index >= 15 is 0 Å². The van der Waals surface area contributed by atoms with Crippen molar-refractivity contribution in [2.24, 2.45) is 0 Å². The standard InChI is InChI=1S/C6H3N4O/c1-5(10-4-11-1)6-8-2-7-3-9-6/h1-2,4H. The molecule has 0 saturated heterocycles. The van der Waals surface area contributed by atoms with E-state index in [1.54, 1.807) is 0 Å². The van der Waals surface area contributed by atoms with Crippen LogP contribution in [0.25, 0.3) is 11.5 Å². The van der Waals surface area contributed by atoms with E-state index in [0.717, 1.165) is 0 Å². The molecular formula is C6H3N4O. The Balaban J connectivity index is 2.46. The van der Waals surface area contributed by atoms with Crippen LogP contribution in [0.3, 0.4) is 0 Å². The zero-order valence-electron chi connectivity index (χ0n) is 5.43. The fraction of sp³-hybridized carbons (Fsp3) is 0. The van der Waals surface area contributed by atoms with Crippen molar-refractivity contribution in [3.8, 4) is 11.5 Å². The number of hydrogen-bond acceptors (Lipinski definition) is 5. The van der Waals surface area contributed by atoms with Crippen LogP contribution < -0.4 is 0 Å². The van der Waals surface area contributed by atoms with Gasteiger partial charge in [-0.05, 0) is 0 Å². The average molecular weight is 147 g/mol. The van der Waals surface area contributed by atoms with Crippen LogP contribution in [0.4, 0.5) is 0 Å². The fourth-order valence-electron chi connectivity index (χ4n) is 0.661. The second kappa shape index (κ2) is 2.45. The van der Waals surface area contributed by atoms with Gasteiger partial charge in [0, 0.05) is 0 Å². The highest BCUT2D eigenvalue weighted by Gasteiger charge is 2.01. The summed E-state index contributed by atoms with van der Waals surface area (Å²) in [5.41, 5.74) is 0.587. The predicted octanol–water partition coefficient (Wildman–Crippen LogP) is 0.327. The third-order valence-electron chi connectivity index (χ3n) is 1.11. The molecule has 2 aromatic heterocycles. The first-order valence-corrected chi connectivity index (χ1v) is 2.90. The van der Waals surface area contributed by atoms with Gasteiger partial charge < -0.3 is 4.42 Å². The van der Waals surface area contributed by atoms with Gasteiger partial charge in [-0.15, -0.1) is 0 Å². The summed E-state index contributed by atoms with van der Waals surface area (Å²) < 4.78 is 4.74. The minimum Gasteiger partial charge on any atom is -0.451 e. The quantitative estimate of drug-likeness (QED) is 0.581. The molecule has 2 aromatic rings. The minimum absolute atomic E-state index is 0.466. The van der Waals surface area contributed by atoms with E-state index < -0.39 is 0 Å². The second-order valence-electron chi connectivity index (χ2n) is 1.78. The van der Waals surface area contributed by atoms with E-state index in [9.17, 15) is 0 Å². The van der Waals surface area contributed by atoms with E-state index in [-0.39, 0.29) is 0 Å². The summed E-state index contributed by atoms with van der Waals surface area (Å²) in [4.78, 5) is 15.0. The summed E-state index contributed by atoms with van der Waals surface area (Å²) in [5, 5.41) is 0. The average Bonchev–Trinajstić information content (AvgIpc) is 2.58. The monoisotopic (exact) mass is 147 g/mol. The number of rotatable bonds is 1. The van der Waals surface area contributed by atoms with Gasteiger partial charge in [0.05, 0.1) is 0 Å². The van der Waals surface area contributed by atoms with Crippen molar-refractivity contribution in [2.45, 2.75) is 0 Å². The minimum atomic E-state index is 0.466. The highest BCUT2D eigenvalue weighted by molar-refractivity contribution is 5.44. The molecule has 0 amide bonds. The van der Waals surface area contributed by atoms with Gasteiger partial charge in [-0.2, -0.15) is 0 Å². The first-order valence-electron chi connectivity index (χ1n) is 2.90. The Hall–Kier alpha value is -1.78. The topological polar surface area (TPSA) is 64.7 Å². The van der Waals surface area contributed by atoms with Crippen LogP contribution in [0, 0.1) is 6.33 Å². The molecule has 0 saturated carbocycles. The number of hydrogen-bond donors (Lipinski definition) is 0. The maximum atomic E-state index is 4.74. The van der Waals surface area contributed by atoms with Gasteiger partial charge in [0.1, 0.15) is 18.3 Å². The zero-order chi connectivity index (χ0) is 7.52. The highest BCUT2D eigenvalue weighted by atomic mass is 16.3. The van der Waals surface area contributed by atoms with Gasteiger partial charge in [-0.3, -0.25) is 0 Å². The van der Waals surface area contributed by atoms with Crippen molar-refractivity contribution in [1.29, 1.82) is 0 Å². The molecule has 0 spiro atoms. The van der Waals surface area contributed by atoms with Crippen LogP contribution in [-0.4, -0.2) is 19.9 Å². The SMILES string of the molecule is [c]1ncnc(-c2cocn2)n1. The highest BCUT2D eigenvalue weighted by Crippen LogP contribution is 2.07. The van der Waals surface area contributed by atoms with Crippen molar-refractivity contribution in [3.63, 3.8) is 0 Å². The van der Waals surface area contributed by atoms with Gasteiger partial charge in [0.25, 0.3) is 0 Å². The largest absolute Gasteiger partial charge is 0.451 e. The molecular weight excluding hydrogens is 144 g/mol. The van der Waals surface area contributed by atoms with Gasteiger partial charge in [-0.1, -0.05) is 0 Å². The lowest BCUT2D eigenvalue weighted by Crippen LogP contribution is -1.88. The van der Waals surface area contributed by atoms with Crippen LogP contribution in [0.2, 0.25) is 0 Å². The van der Waals surface area contributed by atoms with Gasteiger partial charge in [0.15, 0.2) is 12.2 Å². The summed E-state index contributed by atoms with van der Waals surface area (Å²) in [7, 11) is 0. The number of oxazole rings is 1. The van der Waals surface area contributed by atoms with E-state index in [4.69, 9.17) is 4.42 Å². The molecule has 0 N–H and O–H groups in total. The molecule has 5 heteroatoms. The summed E-state index contributed by atoms with van der Waals surface area (Å²) >= 11 is 0. The normalized spacial score (nSPS) is 9.82. The Morgan fingerprint density at radius 1 is 1.36 bits per heavy atom. The summed E-state index contributed by atoms with van der Waals surface area (Å²) in [6.07, 6.45) is 6.54. The van der Waals surface area contributed by atoms with Crippen molar-refractivity contribution < 1.29 is 4.42 Å². The third-order valence-corrected chi connectivity index (χ3v) is 1.11. The first kappa shape index (κ1) is 5.96. The first-order chi connectivity index (χ1) is 5.47. The van der Waals surface area contributed by atoms with Crippen LogP contribution in [0.15, 0.2) is 23.4 Å². The Morgan fingerprint density at radius 2 is 2.36 bits per heavy atom. The predicted molar refractivity (Wildman–Crippen MR) is 34.2 cm³/mol. The Kier molecular flexibility index (Phi) is 1.33. The van der Waals surface area contributed by atoms with Crippen molar-refractivity contribution in [2.75, 3.05) is 0 Å². The lowest BCUT2D eigenvalue weighted by atomic mass is 10.5. The molecule has 2 rings (SSSR count). The smallest absolute Gasteiger partial charge is 0.201 e. The second-order valence-corrected chi connectivity index (χ2v) is 1.78. The Morgan fingerprint density at radius 3 is 3.00 bits per heavy atom. The van der Waals surface area contributed by atoms with Crippen molar-refractivity contribution in [3.05, 3.63) is 25.3 Å². The Labute approximate surface area is 62.2 Å². The maximum Gasteiger partial charge on any atom is 0.201 e. The summed E-state index contributed by atoms with van der Waals surface area (Å²) in [6.45, 7) is 0. The molecule has 0 bridgehead atoms. The molecule has 0 aliphatic rings. The molecule has 0 atom stereocenters. The molecule has 0 aliphatic carbocycles.